The number of rotatable bonds is 1. The van der Waals surface area contributed by atoms with Crippen LogP contribution in [-0.2, 0) is 9.84 Å². The monoisotopic (exact) mass is 301 g/mol. The predicted octanol–water partition coefficient (Wildman–Crippen LogP) is 1.73. The molecule has 0 radical (unpaired) electrons. The summed E-state index contributed by atoms with van der Waals surface area (Å²) in [4.78, 5) is 6.28. The van der Waals surface area contributed by atoms with Crippen molar-refractivity contribution < 1.29 is 8.42 Å². The van der Waals surface area contributed by atoms with Gasteiger partial charge in [0.05, 0.1) is 27.8 Å². The number of hydrogen-bond donors (Lipinski definition) is 0. The van der Waals surface area contributed by atoms with Gasteiger partial charge in [-0.1, -0.05) is 18.2 Å². The summed E-state index contributed by atoms with van der Waals surface area (Å²) >= 11 is 0. The van der Waals surface area contributed by atoms with Crippen LogP contribution in [0.2, 0.25) is 0 Å². The van der Waals surface area contributed by atoms with Crippen LogP contribution in [0.4, 0.5) is 5.69 Å². The van der Waals surface area contributed by atoms with Gasteiger partial charge in [-0.05, 0) is 13.0 Å². The second-order valence-corrected chi connectivity index (χ2v) is 7.81. The molecule has 1 unspecified atom stereocenters. The maximum absolute atomic E-state index is 11.9. The van der Waals surface area contributed by atoms with E-state index in [-0.39, 0.29) is 5.75 Å². The number of anilines is 1. The molecule has 1 aliphatic rings. The van der Waals surface area contributed by atoms with Crippen molar-refractivity contribution in [3.8, 4) is 6.07 Å². The minimum absolute atomic E-state index is 0.121. The molecule has 0 aliphatic carbocycles. The lowest BCUT2D eigenvalue weighted by atomic mass is 10.1. The molecule has 0 spiro atoms. The van der Waals surface area contributed by atoms with Gasteiger partial charge in [-0.2, -0.15) is 5.26 Å². The number of aromatic nitrogens is 1. The van der Waals surface area contributed by atoms with Crippen molar-refractivity contribution in [1.29, 1.82) is 5.26 Å². The Hall–Kier alpha value is -2.13. The van der Waals surface area contributed by atoms with E-state index in [2.05, 4.69) is 11.1 Å². The first kappa shape index (κ1) is 13.8. The maximum Gasteiger partial charge on any atom is 0.156 e. The highest BCUT2D eigenvalue weighted by Crippen LogP contribution is 2.31. The summed E-state index contributed by atoms with van der Waals surface area (Å²) in [7, 11) is -3.02. The van der Waals surface area contributed by atoms with E-state index in [1.165, 1.54) is 0 Å². The molecule has 6 heteroatoms. The van der Waals surface area contributed by atoms with E-state index >= 15 is 0 Å². The van der Waals surface area contributed by atoms with Crippen LogP contribution in [0.15, 0.2) is 30.5 Å². The fourth-order valence-corrected chi connectivity index (χ4v) is 3.99. The quantitative estimate of drug-likeness (QED) is 0.802. The summed E-state index contributed by atoms with van der Waals surface area (Å²) in [6.07, 6.45) is 1.56. The Balaban J connectivity index is 2.14. The summed E-state index contributed by atoms with van der Waals surface area (Å²) in [6.45, 7) is 2.54. The lowest BCUT2D eigenvalue weighted by molar-refractivity contribution is 0.569. The van der Waals surface area contributed by atoms with Gasteiger partial charge >= 0.3 is 0 Å². The van der Waals surface area contributed by atoms with Gasteiger partial charge in [0.25, 0.3) is 0 Å². The minimum atomic E-state index is -3.02. The molecule has 1 aliphatic heterocycles. The number of hydrogen-bond acceptors (Lipinski definition) is 5. The fraction of sp³-hybridized carbons (Fsp3) is 0.333. The highest BCUT2D eigenvalue weighted by Gasteiger charge is 2.31. The standard InChI is InChI=1S/C15H15N3O2S/c1-11-10-18(6-7-21(11,19)20)15-12(8-16)9-17-14-5-3-2-4-13(14)15/h2-5,9,11H,6-7,10H2,1H3. The van der Waals surface area contributed by atoms with E-state index in [4.69, 9.17) is 0 Å². The minimum Gasteiger partial charge on any atom is -0.368 e. The first-order chi connectivity index (χ1) is 10.0. The van der Waals surface area contributed by atoms with Crippen LogP contribution in [0, 0.1) is 11.3 Å². The number of para-hydroxylation sites is 1. The van der Waals surface area contributed by atoms with Crippen molar-refractivity contribution in [2.24, 2.45) is 0 Å². The summed E-state index contributed by atoms with van der Waals surface area (Å²) in [5.41, 5.74) is 2.10. The largest absolute Gasteiger partial charge is 0.368 e. The summed E-state index contributed by atoms with van der Waals surface area (Å²) in [6, 6.07) is 9.78. The molecule has 1 aromatic heterocycles. The molecule has 0 N–H and O–H groups in total. The van der Waals surface area contributed by atoms with Crippen molar-refractivity contribution in [2.75, 3.05) is 23.7 Å². The van der Waals surface area contributed by atoms with Crippen molar-refractivity contribution in [3.05, 3.63) is 36.0 Å². The number of nitriles is 1. The van der Waals surface area contributed by atoms with Crippen LogP contribution < -0.4 is 4.90 Å². The Morgan fingerprint density at radius 2 is 2.14 bits per heavy atom. The van der Waals surface area contributed by atoms with Gasteiger partial charge in [0.15, 0.2) is 9.84 Å². The molecule has 1 aromatic carbocycles. The van der Waals surface area contributed by atoms with E-state index in [1.54, 1.807) is 13.1 Å². The molecule has 0 bridgehead atoms. The molecular formula is C15H15N3O2S. The van der Waals surface area contributed by atoms with Crippen molar-refractivity contribution in [1.82, 2.24) is 4.98 Å². The van der Waals surface area contributed by atoms with E-state index in [0.717, 1.165) is 16.6 Å². The van der Waals surface area contributed by atoms with Crippen LogP contribution in [-0.4, -0.2) is 37.5 Å². The number of benzene rings is 1. The number of pyridine rings is 1. The molecule has 1 saturated heterocycles. The first-order valence-corrected chi connectivity index (χ1v) is 8.49. The smallest absolute Gasteiger partial charge is 0.156 e. The summed E-state index contributed by atoms with van der Waals surface area (Å²) in [5, 5.41) is 9.81. The normalized spacial score (nSPS) is 21.1. The number of nitrogens with zero attached hydrogens (tertiary/aromatic N) is 3. The van der Waals surface area contributed by atoms with Crippen LogP contribution in [0.5, 0.6) is 0 Å². The van der Waals surface area contributed by atoms with E-state index in [0.29, 0.717) is 18.7 Å². The topological polar surface area (TPSA) is 74.1 Å². The number of fused-ring (bicyclic) bond motifs is 1. The maximum atomic E-state index is 11.9. The Morgan fingerprint density at radius 1 is 1.38 bits per heavy atom. The highest BCUT2D eigenvalue weighted by molar-refractivity contribution is 7.92. The van der Waals surface area contributed by atoms with Crippen LogP contribution in [0.25, 0.3) is 10.9 Å². The van der Waals surface area contributed by atoms with Gasteiger partial charge in [-0.15, -0.1) is 0 Å². The molecule has 2 heterocycles. The molecule has 1 fully saturated rings. The van der Waals surface area contributed by atoms with E-state index in [1.807, 2.05) is 29.2 Å². The molecule has 2 aromatic rings. The fourth-order valence-electron chi connectivity index (χ4n) is 2.71. The van der Waals surface area contributed by atoms with Crippen LogP contribution in [0.1, 0.15) is 12.5 Å². The average Bonchev–Trinajstić information content (AvgIpc) is 2.49. The second-order valence-electron chi connectivity index (χ2n) is 5.27. The molecule has 1 atom stereocenters. The van der Waals surface area contributed by atoms with Gasteiger partial charge in [0.1, 0.15) is 6.07 Å². The zero-order chi connectivity index (χ0) is 15.0. The molecule has 21 heavy (non-hydrogen) atoms. The third-order valence-corrected chi connectivity index (χ3v) is 6.05. The second kappa shape index (κ2) is 5.01. The molecule has 0 amide bonds. The SMILES string of the molecule is CC1CN(c2c(C#N)cnc3ccccc23)CCS1(=O)=O. The molecule has 5 nitrogen and oxygen atoms in total. The van der Waals surface area contributed by atoms with Gasteiger partial charge in [0.2, 0.25) is 0 Å². The van der Waals surface area contributed by atoms with E-state index in [9.17, 15) is 13.7 Å². The van der Waals surface area contributed by atoms with Crippen LogP contribution >= 0.6 is 0 Å². The molecule has 108 valence electrons. The van der Waals surface area contributed by atoms with Crippen LogP contribution in [0.3, 0.4) is 0 Å². The Morgan fingerprint density at radius 3 is 2.86 bits per heavy atom. The van der Waals surface area contributed by atoms with E-state index < -0.39 is 15.1 Å². The lowest BCUT2D eigenvalue weighted by Crippen LogP contribution is -2.45. The number of sulfone groups is 1. The average molecular weight is 301 g/mol. The first-order valence-electron chi connectivity index (χ1n) is 6.77. The van der Waals surface area contributed by atoms with Gasteiger partial charge < -0.3 is 4.90 Å². The summed E-state index contributed by atoms with van der Waals surface area (Å²) < 4.78 is 23.7. The van der Waals surface area contributed by atoms with Gasteiger partial charge in [-0.3, -0.25) is 4.98 Å². The summed E-state index contributed by atoms with van der Waals surface area (Å²) in [5.74, 6) is 0.121. The Kier molecular flexibility index (Phi) is 3.30. The predicted molar refractivity (Wildman–Crippen MR) is 81.9 cm³/mol. The molecule has 0 saturated carbocycles. The van der Waals surface area contributed by atoms with Gasteiger partial charge in [0, 0.05) is 24.7 Å². The molecule has 3 rings (SSSR count). The third-order valence-electron chi connectivity index (χ3n) is 3.92. The third kappa shape index (κ3) is 2.34. The van der Waals surface area contributed by atoms with Crippen molar-refractivity contribution in [2.45, 2.75) is 12.2 Å². The Labute approximate surface area is 123 Å². The van der Waals surface area contributed by atoms with Gasteiger partial charge in [-0.25, -0.2) is 8.42 Å². The highest BCUT2D eigenvalue weighted by atomic mass is 32.2. The lowest BCUT2D eigenvalue weighted by Gasteiger charge is -2.33. The van der Waals surface area contributed by atoms with Crippen molar-refractivity contribution >= 4 is 26.4 Å². The Bertz CT molecular complexity index is 840. The van der Waals surface area contributed by atoms with Crippen molar-refractivity contribution in [3.63, 3.8) is 0 Å². The zero-order valence-electron chi connectivity index (χ0n) is 11.7. The molecular weight excluding hydrogens is 286 g/mol. The zero-order valence-corrected chi connectivity index (χ0v) is 12.5.